The van der Waals surface area contributed by atoms with Crippen LogP contribution in [0.4, 0.5) is 4.39 Å². The quantitative estimate of drug-likeness (QED) is 0.414. The second kappa shape index (κ2) is 11.3. The second-order valence-corrected chi connectivity index (χ2v) is 11.9. The summed E-state index contributed by atoms with van der Waals surface area (Å²) in [4.78, 5) is 20.2. The summed E-state index contributed by atoms with van der Waals surface area (Å²) >= 11 is 0. The van der Waals surface area contributed by atoms with Crippen LogP contribution in [0.3, 0.4) is 0 Å². The van der Waals surface area contributed by atoms with Gasteiger partial charge in [-0.15, -0.1) is 0 Å². The maximum atomic E-state index is 13.9. The first-order valence-electron chi connectivity index (χ1n) is 12.7. The first-order chi connectivity index (χ1) is 18.0. The van der Waals surface area contributed by atoms with E-state index in [1.54, 1.807) is 24.3 Å². The Labute approximate surface area is 224 Å². The van der Waals surface area contributed by atoms with E-state index in [1.165, 1.54) is 19.2 Å². The van der Waals surface area contributed by atoms with Gasteiger partial charge in [0.15, 0.2) is 0 Å². The highest BCUT2D eigenvalue weighted by Crippen LogP contribution is 2.42. The number of halogens is 1. The van der Waals surface area contributed by atoms with Gasteiger partial charge in [0.25, 0.3) is 0 Å². The van der Waals surface area contributed by atoms with E-state index in [1.807, 2.05) is 38.9 Å². The molecule has 0 saturated carbocycles. The van der Waals surface area contributed by atoms with Crippen LogP contribution >= 0.6 is 0 Å². The molecule has 0 amide bonds. The molecule has 0 bridgehead atoms. The van der Waals surface area contributed by atoms with Gasteiger partial charge in [0.05, 0.1) is 29.0 Å². The number of pyridine rings is 1. The molecule has 7 nitrogen and oxygen atoms in total. The Morgan fingerprint density at radius 2 is 1.84 bits per heavy atom. The summed E-state index contributed by atoms with van der Waals surface area (Å²) in [5, 5.41) is 0. The molecule has 0 atom stereocenters. The van der Waals surface area contributed by atoms with Crippen molar-refractivity contribution in [2.75, 3.05) is 34.3 Å². The van der Waals surface area contributed by atoms with Gasteiger partial charge in [0.1, 0.15) is 5.82 Å². The summed E-state index contributed by atoms with van der Waals surface area (Å²) in [7, 11) is 1.36. The maximum Gasteiger partial charge on any atom is 0.340 e. The van der Waals surface area contributed by atoms with Crippen LogP contribution in [0.2, 0.25) is 0 Å². The molecule has 9 heteroatoms. The van der Waals surface area contributed by atoms with Gasteiger partial charge in [0, 0.05) is 24.2 Å². The third kappa shape index (κ3) is 5.65. The Hall–Kier alpha value is -3.14. The maximum absolute atomic E-state index is 13.9. The third-order valence-corrected chi connectivity index (χ3v) is 8.22. The van der Waals surface area contributed by atoms with Crippen LogP contribution in [0, 0.1) is 5.82 Å². The van der Waals surface area contributed by atoms with Gasteiger partial charge in [-0.25, -0.2) is 22.3 Å². The molecule has 0 unspecified atom stereocenters. The molecule has 1 aliphatic carbocycles. The summed E-state index contributed by atoms with van der Waals surface area (Å²) in [5.41, 5.74) is 5.48. The number of likely N-dealkylation sites (N-methyl/N-ethyl adjacent to an activating group) is 1. The summed E-state index contributed by atoms with van der Waals surface area (Å²) < 4.78 is 48.0. The van der Waals surface area contributed by atoms with Crippen LogP contribution in [0.5, 0.6) is 0 Å². The summed E-state index contributed by atoms with van der Waals surface area (Å²) in [6.45, 7) is 4.76. The highest BCUT2D eigenvalue weighted by molar-refractivity contribution is 7.89. The predicted molar refractivity (Wildman–Crippen MR) is 146 cm³/mol. The molecule has 0 radical (unpaired) electrons. The van der Waals surface area contributed by atoms with Crippen molar-refractivity contribution in [1.82, 2.24) is 14.6 Å². The molecule has 202 valence electrons. The van der Waals surface area contributed by atoms with Crippen molar-refractivity contribution in [3.05, 3.63) is 70.7 Å². The van der Waals surface area contributed by atoms with Gasteiger partial charge < -0.3 is 9.64 Å². The number of esters is 1. The number of rotatable bonds is 8. The number of methoxy groups -OCH3 is 1. The fourth-order valence-corrected chi connectivity index (χ4v) is 5.92. The van der Waals surface area contributed by atoms with Crippen molar-refractivity contribution in [2.24, 2.45) is 0 Å². The number of ether oxygens (including phenoxy) is 1. The highest BCUT2D eigenvalue weighted by Gasteiger charge is 2.30. The first-order valence-corrected chi connectivity index (χ1v) is 14.2. The number of sulfonamides is 1. The molecule has 2 aromatic carbocycles. The van der Waals surface area contributed by atoms with Gasteiger partial charge in [0.2, 0.25) is 10.0 Å². The Morgan fingerprint density at radius 1 is 1.13 bits per heavy atom. The van der Waals surface area contributed by atoms with Crippen molar-refractivity contribution < 1.29 is 22.3 Å². The zero-order valence-electron chi connectivity index (χ0n) is 22.5. The molecule has 1 aliphatic rings. The topological polar surface area (TPSA) is 88.6 Å². The molecule has 1 N–H and O–H groups in total. The largest absolute Gasteiger partial charge is 0.465 e. The van der Waals surface area contributed by atoms with E-state index in [9.17, 15) is 17.6 Å². The molecule has 0 spiro atoms. The SMILES string of the molecule is COC(=O)c1c(C(C)C)nc2c(c1-c1ccc(F)cc1)CCCc1ccc(S(=O)(=O)NCCN(C)C)cc1-2. The minimum Gasteiger partial charge on any atom is -0.465 e. The fourth-order valence-electron chi connectivity index (χ4n) is 4.87. The number of carbonyl (C=O) groups is 1. The molecule has 38 heavy (non-hydrogen) atoms. The van der Waals surface area contributed by atoms with Crippen molar-refractivity contribution in [2.45, 2.75) is 43.9 Å². The molecule has 0 saturated heterocycles. The molecule has 0 aliphatic heterocycles. The Morgan fingerprint density at radius 3 is 2.47 bits per heavy atom. The first kappa shape index (κ1) is 27.9. The minimum atomic E-state index is -3.74. The second-order valence-electron chi connectivity index (χ2n) is 10.1. The van der Waals surface area contributed by atoms with Crippen LogP contribution in [0.25, 0.3) is 22.4 Å². The van der Waals surface area contributed by atoms with Crippen molar-refractivity contribution in [3.63, 3.8) is 0 Å². The number of fused-ring (bicyclic) bond motifs is 3. The number of nitrogens with one attached hydrogen (secondary N) is 1. The summed E-state index contributed by atoms with van der Waals surface area (Å²) in [5.74, 6) is -1.01. The van der Waals surface area contributed by atoms with E-state index in [0.29, 0.717) is 41.0 Å². The Kier molecular flexibility index (Phi) is 8.30. The average Bonchev–Trinajstić information content (AvgIpc) is 3.06. The van der Waals surface area contributed by atoms with Crippen molar-refractivity contribution in [3.8, 4) is 22.4 Å². The molecule has 3 aromatic rings. The van der Waals surface area contributed by atoms with Gasteiger partial charge >= 0.3 is 5.97 Å². The number of aryl methyl sites for hydroxylation is 1. The smallest absolute Gasteiger partial charge is 0.340 e. The normalized spacial score (nSPS) is 13.3. The summed E-state index contributed by atoms with van der Waals surface area (Å²) in [6.07, 6.45) is 2.13. The Bertz CT molecular complexity index is 1450. The average molecular weight is 540 g/mol. The highest BCUT2D eigenvalue weighted by atomic mass is 32.2. The summed E-state index contributed by atoms with van der Waals surface area (Å²) in [6, 6.07) is 11.2. The van der Waals surface area contributed by atoms with Gasteiger partial charge in [-0.05, 0) is 80.2 Å². The zero-order valence-corrected chi connectivity index (χ0v) is 23.3. The van der Waals surface area contributed by atoms with Gasteiger partial charge in [-0.2, -0.15) is 0 Å². The van der Waals surface area contributed by atoms with Crippen molar-refractivity contribution in [1.29, 1.82) is 0 Å². The van der Waals surface area contributed by atoms with E-state index >= 15 is 0 Å². The van der Waals surface area contributed by atoms with E-state index in [2.05, 4.69) is 4.72 Å². The molecule has 1 aromatic heterocycles. The number of aromatic nitrogens is 1. The lowest BCUT2D eigenvalue weighted by Crippen LogP contribution is -2.31. The van der Waals surface area contributed by atoms with E-state index in [4.69, 9.17) is 9.72 Å². The lowest BCUT2D eigenvalue weighted by Gasteiger charge is -2.22. The molecule has 4 rings (SSSR count). The van der Waals surface area contributed by atoms with Crippen LogP contribution in [-0.4, -0.2) is 58.6 Å². The van der Waals surface area contributed by atoms with Crippen LogP contribution in [-0.2, 0) is 27.6 Å². The van der Waals surface area contributed by atoms with Gasteiger partial charge in [-0.1, -0.05) is 32.0 Å². The predicted octanol–water partition coefficient (Wildman–Crippen LogP) is 4.79. The Balaban J connectivity index is 1.98. The monoisotopic (exact) mass is 539 g/mol. The van der Waals surface area contributed by atoms with Crippen molar-refractivity contribution >= 4 is 16.0 Å². The van der Waals surface area contributed by atoms with E-state index < -0.39 is 16.0 Å². The van der Waals surface area contributed by atoms with Crippen LogP contribution in [0.15, 0.2) is 47.4 Å². The molecular formula is C29H34FN3O4S. The van der Waals surface area contributed by atoms with Gasteiger partial charge in [-0.3, -0.25) is 4.98 Å². The van der Waals surface area contributed by atoms with Crippen LogP contribution in [0.1, 0.15) is 53.4 Å². The minimum absolute atomic E-state index is 0.125. The number of hydrogen-bond acceptors (Lipinski definition) is 6. The van der Waals surface area contributed by atoms with Crippen LogP contribution < -0.4 is 4.72 Å². The third-order valence-electron chi connectivity index (χ3n) is 6.77. The molecule has 0 fully saturated rings. The lowest BCUT2D eigenvalue weighted by molar-refractivity contribution is 0.0599. The number of nitrogens with zero attached hydrogens (tertiary/aromatic N) is 2. The molecular weight excluding hydrogens is 505 g/mol. The van der Waals surface area contributed by atoms with E-state index in [-0.39, 0.29) is 23.2 Å². The zero-order chi connectivity index (χ0) is 27.6. The molecule has 1 heterocycles. The number of benzene rings is 2. The lowest BCUT2D eigenvalue weighted by atomic mass is 9.87. The number of hydrogen-bond donors (Lipinski definition) is 1. The fraction of sp³-hybridized carbons (Fsp3) is 0.379. The number of carbonyl (C=O) groups excluding carboxylic acids is 1. The standard InChI is InChI=1S/C29H34FN3O4S/c1-18(2)27-26(29(34)37-5)25(20-9-12-21(30)13-10-20)23-8-6-7-19-11-14-22(17-24(19)28(23)32-27)38(35,36)31-15-16-33(3)4/h9-14,17-18,31H,6-8,15-16H2,1-5H3. The van der Waals surface area contributed by atoms with E-state index in [0.717, 1.165) is 29.5 Å².